The number of hydrogen-bond donors (Lipinski definition) is 0. The van der Waals surface area contributed by atoms with E-state index in [1.165, 1.54) is 0 Å². The van der Waals surface area contributed by atoms with E-state index in [4.69, 9.17) is 25.8 Å². The molecule has 1 aliphatic heterocycles. The minimum Gasteiger partial charge on any atom is -0.497 e. The third-order valence-corrected chi connectivity index (χ3v) is 4.80. The second-order valence-electron chi connectivity index (χ2n) is 6.49. The maximum Gasteiger partial charge on any atom is 0.363 e. The first kappa shape index (κ1) is 19.7. The Labute approximate surface area is 179 Å². The number of methoxy groups -OCH3 is 1. The molecule has 5 nitrogen and oxygen atoms in total. The Bertz CT molecular complexity index is 1140. The van der Waals surface area contributed by atoms with Crippen molar-refractivity contribution in [1.82, 2.24) is 0 Å². The Morgan fingerprint density at radius 3 is 2.57 bits per heavy atom. The first-order chi connectivity index (χ1) is 14.6. The van der Waals surface area contributed by atoms with Crippen molar-refractivity contribution >= 4 is 29.5 Å². The van der Waals surface area contributed by atoms with Gasteiger partial charge < -0.3 is 14.2 Å². The molecule has 4 rings (SSSR count). The van der Waals surface area contributed by atoms with Gasteiger partial charge in [-0.2, -0.15) is 0 Å². The number of aliphatic imine (C=N–C) groups is 1. The number of cyclic esters (lactones) is 1. The summed E-state index contributed by atoms with van der Waals surface area (Å²) >= 11 is 6.20. The lowest BCUT2D eigenvalue weighted by Crippen LogP contribution is -2.05. The maximum absolute atomic E-state index is 12.4. The SMILES string of the molecule is COc1ccc(OCc2ccccc2)c(/C=C2/N=C(c3ccccc3Cl)OC2=O)c1. The molecule has 0 N–H and O–H groups in total. The number of halogens is 1. The molecule has 150 valence electrons. The van der Waals surface area contributed by atoms with Crippen molar-refractivity contribution in [3.63, 3.8) is 0 Å². The lowest BCUT2D eigenvalue weighted by molar-refractivity contribution is -0.129. The third-order valence-electron chi connectivity index (χ3n) is 4.47. The molecule has 1 heterocycles. The van der Waals surface area contributed by atoms with Crippen LogP contribution in [0.25, 0.3) is 6.08 Å². The van der Waals surface area contributed by atoms with E-state index in [0.29, 0.717) is 34.3 Å². The van der Waals surface area contributed by atoms with Gasteiger partial charge in [0.05, 0.1) is 17.7 Å². The Morgan fingerprint density at radius 2 is 1.80 bits per heavy atom. The first-order valence-electron chi connectivity index (χ1n) is 9.26. The van der Waals surface area contributed by atoms with Crippen molar-refractivity contribution < 1.29 is 19.0 Å². The van der Waals surface area contributed by atoms with Crippen LogP contribution in [0.3, 0.4) is 0 Å². The molecule has 3 aromatic carbocycles. The molecule has 0 bridgehead atoms. The highest BCUT2D eigenvalue weighted by molar-refractivity contribution is 6.34. The summed E-state index contributed by atoms with van der Waals surface area (Å²) in [5.41, 5.74) is 2.40. The van der Waals surface area contributed by atoms with Crippen molar-refractivity contribution in [3.8, 4) is 11.5 Å². The van der Waals surface area contributed by atoms with Crippen molar-refractivity contribution in [2.24, 2.45) is 4.99 Å². The summed E-state index contributed by atoms with van der Waals surface area (Å²) in [7, 11) is 1.58. The second kappa shape index (κ2) is 8.84. The van der Waals surface area contributed by atoms with Crippen LogP contribution in [0.15, 0.2) is 83.5 Å². The normalized spacial score (nSPS) is 14.4. The van der Waals surface area contributed by atoms with Gasteiger partial charge in [0.2, 0.25) is 5.90 Å². The average Bonchev–Trinajstić information content (AvgIpc) is 3.13. The molecule has 0 saturated carbocycles. The van der Waals surface area contributed by atoms with E-state index in [9.17, 15) is 4.79 Å². The maximum atomic E-state index is 12.4. The van der Waals surface area contributed by atoms with Gasteiger partial charge in [-0.15, -0.1) is 0 Å². The van der Waals surface area contributed by atoms with Crippen LogP contribution in [0, 0.1) is 0 Å². The smallest absolute Gasteiger partial charge is 0.363 e. The summed E-state index contributed by atoms with van der Waals surface area (Å²) < 4.78 is 16.6. The highest BCUT2D eigenvalue weighted by atomic mass is 35.5. The molecule has 0 saturated heterocycles. The summed E-state index contributed by atoms with van der Waals surface area (Å²) in [6, 6.07) is 22.3. The third kappa shape index (κ3) is 4.36. The molecule has 1 aliphatic rings. The molecule has 0 aliphatic carbocycles. The molecule has 0 unspecified atom stereocenters. The standard InChI is InChI=1S/C24H18ClNO4/c1-28-18-11-12-22(29-15-16-7-3-2-4-8-16)17(13-18)14-21-24(27)30-23(26-21)19-9-5-6-10-20(19)25/h2-14H,15H2,1H3/b21-14+. The van der Waals surface area contributed by atoms with Crippen molar-refractivity contribution in [1.29, 1.82) is 0 Å². The van der Waals surface area contributed by atoms with Crippen LogP contribution >= 0.6 is 11.6 Å². The Balaban J connectivity index is 1.66. The van der Waals surface area contributed by atoms with Gasteiger partial charge >= 0.3 is 5.97 Å². The summed E-state index contributed by atoms with van der Waals surface area (Å²) in [5.74, 6) is 0.852. The fraction of sp³-hybridized carbons (Fsp3) is 0.0833. The van der Waals surface area contributed by atoms with Crippen LogP contribution in [0.1, 0.15) is 16.7 Å². The molecular weight excluding hydrogens is 402 g/mol. The summed E-state index contributed by atoms with van der Waals surface area (Å²) in [4.78, 5) is 16.7. The van der Waals surface area contributed by atoms with Gasteiger partial charge in [-0.3, -0.25) is 0 Å². The van der Waals surface area contributed by atoms with Gasteiger partial charge in [0.25, 0.3) is 0 Å². The quantitative estimate of drug-likeness (QED) is 0.403. The van der Waals surface area contributed by atoms with Crippen molar-refractivity contribution in [3.05, 3.63) is 100 Å². The van der Waals surface area contributed by atoms with E-state index in [1.54, 1.807) is 55.7 Å². The van der Waals surface area contributed by atoms with Gasteiger partial charge in [-0.25, -0.2) is 9.79 Å². The zero-order valence-corrected chi connectivity index (χ0v) is 16.9. The highest BCUT2D eigenvalue weighted by Crippen LogP contribution is 2.30. The topological polar surface area (TPSA) is 57.1 Å². The van der Waals surface area contributed by atoms with E-state index in [-0.39, 0.29) is 11.6 Å². The minimum absolute atomic E-state index is 0.155. The second-order valence-corrected chi connectivity index (χ2v) is 6.90. The van der Waals surface area contributed by atoms with Gasteiger partial charge in [0.1, 0.15) is 18.1 Å². The number of nitrogens with zero attached hydrogens (tertiary/aromatic N) is 1. The van der Waals surface area contributed by atoms with E-state index in [2.05, 4.69) is 4.99 Å². The van der Waals surface area contributed by atoms with E-state index in [0.717, 1.165) is 5.56 Å². The van der Waals surface area contributed by atoms with Crippen molar-refractivity contribution in [2.75, 3.05) is 7.11 Å². The summed E-state index contributed by atoms with van der Waals surface area (Å²) in [6.45, 7) is 0.391. The predicted octanol–water partition coefficient (Wildman–Crippen LogP) is 5.27. The van der Waals surface area contributed by atoms with Gasteiger partial charge in [0.15, 0.2) is 5.70 Å². The fourth-order valence-electron chi connectivity index (χ4n) is 2.94. The molecule has 6 heteroatoms. The van der Waals surface area contributed by atoms with Crippen LogP contribution in [0.4, 0.5) is 0 Å². The number of hydrogen-bond acceptors (Lipinski definition) is 5. The lowest BCUT2D eigenvalue weighted by Gasteiger charge is -2.11. The number of benzene rings is 3. The van der Waals surface area contributed by atoms with E-state index < -0.39 is 5.97 Å². The first-order valence-corrected chi connectivity index (χ1v) is 9.64. The zero-order valence-electron chi connectivity index (χ0n) is 16.2. The molecular formula is C24H18ClNO4. The fourth-order valence-corrected chi connectivity index (χ4v) is 3.16. The summed E-state index contributed by atoms with van der Waals surface area (Å²) in [5, 5.41) is 0.457. The van der Waals surface area contributed by atoms with Gasteiger partial charge in [0, 0.05) is 5.56 Å². The molecule has 0 aromatic heterocycles. The Hall–Kier alpha value is -3.57. The number of carbonyl (C=O) groups excluding carboxylic acids is 1. The molecule has 0 fully saturated rings. The highest BCUT2D eigenvalue weighted by Gasteiger charge is 2.26. The lowest BCUT2D eigenvalue weighted by atomic mass is 10.1. The van der Waals surface area contributed by atoms with Gasteiger partial charge in [-0.05, 0) is 42.0 Å². The average molecular weight is 420 g/mol. The molecule has 0 radical (unpaired) electrons. The van der Waals surface area contributed by atoms with Crippen LogP contribution in [0.2, 0.25) is 5.02 Å². The monoisotopic (exact) mass is 419 g/mol. The zero-order chi connectivity index (χ0) is 20.9. The Kier molecular flexibility index (Phi) is 5.82. The predicted molar refractivity (Wildman–Crippen MR) is 116 cm³/mol. The van der Waals surface area contributed by atoms with Crippen LogP contribution in [-0.2, 0) is 16.1 Å². The van der Waals surface area contributed by atoms with Crippen LogP contribution < -0.4 is 9.47 Å². The molecule has 3 aromatic rings. The van der Waals surface area contributed by atoms with E-state index >= 15 is 0 Å². The number of esters is 1. The molecule has 0 amide bonds. The van der Waals surface area contributed by atoms with Crippen LogP contribution in [0.5, 0.6) is 11.5 Å². The van der Waals surface area contributed by atoms with Crippen LogP contribution in [-0.4, -0.2) is 19.0 Å². The molecule has 0 spiro atoms. The number of rotatable bonds is 6. The number of ether oxygens (including phenoxy) is 3. The minimum atomic E-state index is -0.554. The summed E-state index contributed by atoms with van der Waals surface area (Å²) in [6.07, 6.45) is 1.62. The number of carbonyl (C=O) groups is 1. The van der Waals surface area contributed by atoms with E-state index in [1.807, 2.05) is 30.3 Å². The van der Waals surface area contributed by atoms with Crippen molar-refractivity contribution in [2.45, 2.75) is 6.61 Å². The largest absolute Gasteiger partial charge is 0.497 e. The van der Waals surface area contributed by atoms with Gasteiger partial charge in [-0.1, -0.05) is 54.1 Å². The molecule has 0 atom stereocenters. The molecule has 30 heavy (non-hydrogen) atoms. The Morgan fingerprint density at radius 1 is 1.03 bits per heavy atom.